The standard InChI is InChI=1S/C14H12ClFN2O2/c15-12-7-10(14(17)18-19)3-6-13(12)20-8-9-1-4-11(16)5-2-9/h1-7,19H,8H2,(H2,17,18). The Morgan fingerprint density at radius 2 is 1.95 bits per heavy atom. The number of ether oxygens (including phenoxy) is 1. The minimum Gasteiger partial charge on any atom is -0.487 e. The third-order valence-electron chi connectivity index (χ3n) is 2.64. The second-order valence-electron chi connectivity index (χ2n) is 4.05. The van der Waals surface area contributed by atoms with Gasteiger partial charge in [0.15, 0.2) is 5.84 Å². The summed E-state index contributed by atoms with van der Waals surface area (Å²) < 4.78 is 18.3. The molecule has 0 aliphatic rings. The van der Waals surface area contributed by atoms with Crippen LogP contribution in [0.3, 0.4) is 0 Å². The van der Waals surface area contributed by atoms with E-state index in [0.29, 0.717) is 16.3 Å². The van der Waals surface area contributed by atoms with Crippen molar-refractivity contribution in [3.05, 3.63) is 64.4 Å². The highest BCUT2D eigenvalue weighted by Crippen LogP contribution is 2.26. The van der Waals surface area contributed by atoms with Crippen LogP contribution in [0.5, 0.6) is 5.75 Å². The first kappa shape index (κ1) is 14.1. The van der Waals surface area contributed by atoms with E-state index in [1.165, 1.54) is 18.2 Å². The summed E-state index contributed by atoms with van der Waals surface area (Å²) in [7, 11) is 0. The van der Waals surface area contributed by atoms with Crippen LogP contribution in [0.1, 0.15) is 11.1 Å². The highest BCUT2D eigenvalue weighted by Gasteiger charge is 2.06. The molecule has 0 unspecified atom stereocenters. The zero-order chi connectivity index (χ0) is 14.5. The average molecular weight is 295 g/mol. The summed E-state index contributed by atoms with van der Waals surface area (Å²) in [5, 5.41) is 11.8. The van der Waals surface area contributed by atoms with Gasteiger partial charge in [-0.3, -0.25) is 0 Å². The summed E-state index contributed by atoms with van der Waals surface area (Å²) in [6, 6.07) is 10.8. The molecule has 0 aliphatic heterocycles. The number of nitrogens with zero attached hydrogens (tertiary/aromatic N) is 1. The van der Waals surface area contributed by atoms with Crippen molar-refractivity contribution in [2.75, 3.05) is 0 Å². The zero-order valence-corrected chi connectivity index (χ0v) is 11.1. The van der Waals surface area contributed by atoms with Crippen LogP contribution >= 0.6 is 11.6 Å². The van der Waals surface area contributed by atoms with E-state index in [1.807, 2.05) is 0 Å². The fourth-order valence-corrected chi connectivity index (χ4v) is 1.81. The van der Waals surface area contributed by atoms with Gasteiger partial charge in [-0.25, -0.2) is 4.39 Å². The SMILES string of the molecule is NC(=NO)c1ccc(OCc2ccc(F)cc2)c(Cl)c1. The fraction of sp³-hybridized carbons (Fsp3) is 0.0714. The number of rotatable bonds is 4. The van der Waals surface area contributed by atoms with Gasteiger partial charge in [0.25, 0.3) is 0 Å². The molecule has 0 aliphatic carbocycles. The van der Waals surface area contributed by atoms with Gasteiger partial charge < -0.3 is 15.7 Å². The van der Waals surface area contributed by atoms with Crippen molar-refractivity contribution in [1.29, 1.82) is 0 Å². The Labute approximate surface area is 120 Å². The van der Waals surface area contributed by atoms with E-state index in [0.717, 1.165) is 5.56 Å². The molecular weight excluding hydrogens is 283 g/mol. The first-order valence-corrected chi connectivity index (χ1v) is 6.12. The number of amidine groups is 1. The van der Waals surface area contributed by atoms with Gasteiger partial charge in [0, 0.05) is 5.56 Å². The predicted molar refractivity (Wildman–Crippen MR) is 74.7 cm³/mol. The maximum absolute atomic E-state index is 12.8. The lowest BCUT2D eigenvalue weighted by Crippen LogP contribution is -2.12. The largest absolute Gasteiger partial charge is 0.487 e. The Morgan fingerprint density at radius 1 is 1.25 bits per heavy atom. The van der Waals surface area contributed by atoms with E-state index in [-0.39, 0.29) is 18.3 Å². The monoisotopic (exact) mass is 294 g/mol. The zero-order valence-electron chi connectivity index (χ0n) is 10.4. The molecule has 0 heterocycles. The molecule has 2 rings (SSSR count). The minimum atomic E-state index is -0.296. The number of benzene rings is 2. The fourth-order valence-electron chi connectivity index (χ4n) is 1.58. The van der Waals surface area contributed by atoms with E-state index in [9.17, 15) is 4.39 Å². The Balaban J connectivity index is 2.08. The molecule has 0 radical (unpaired) electrons. The Bertz CT molecular complexity index is 630. The van der Waals surface area contributed by atoms with Crippen LogP contribution in [0.4, 0.5) is 4.39 Å². The van der Waals surface area contributed by atoms with E-state index in [2.05, 4.69) is 5.16 Å². The van der Waals surface area contributed by atoms with E-state index in [1.54, 1.807) is 24.3 Å². The molecular formula is C14H12ClFN2O2. The van der Waals surface area contributed by atoms with Gasteiger partial charge in [0.05, 0.1) is 5.02 Å². The quantitative estimate of drug-likeness (QED) is 0.394. The summed E-state index contributed by atoms with van der Waals surface area (Å²) in [5.41, 5.74) is 6.77. The summed E-state index contributed by atoms with van der Waals surface area (Å²) in [6.45, 7) is 0.267. The minimum absolute atomic E-state index is 0.0306. The normalized spacial score (nSPS) is 11.4. The molecule has 2 aromatic rings. The van der Waals surface area contributed by atoms with E-state index >= 15 is 0 Å². The van der Waals surface area contributed by atoms with Gasteiger partial charge in [-0.1, -0.05) is 28.9 Å². The number of nitrogens with two attached hydrogens (primary N) is 1. The summed E-state index contributed by atoms with van der Waals surface area (Å²) >= 11 is 6.04. The van der Waals surface area contributed by atoms with Gasteiger partial charge in [-0.05, 0) is 35.9 Å². The first-order valence-electron chi connectivity index (χ1n) is 5.75. The third kappa shape index (κ3) is 3.39. The number of halogens is 2. The maximum atomic E-state index is 12.8. The van der Waals surface area contributed by atoms with Gasteiger partial charge in [-0.2, -0.15) is 0 Å². The molecule has 2 aromatic carbocycles. The number of hydrogen-bond donors (Lipinski definition) is 2. The molecule has 0 fully saturated rings. The number of oxime groups is 1. The molecule has 4 nitrogen and oxygen atoms in total. The van der Waals surface area contributed by atoms with E-state index in [4.69, 9.17) is 27.3 Å². The molecule has 0 aromatic heterocycles. The molecule has 3 N–H and O–H groups in total. The van der Waals surface area contributed by atoms with Crippen LogP contribution < -0.4 is 10.5 Å². The van der Waals surface area contributed by atoms with Crippen LogP contribution in [-0.4, -0.2) is 11.0 Å². The second-order valence-corrected chi connectivity index (χ2v) is 4.45. The van der Waals surface area contributed by atoms with Crippen molar-refractivity contribution in [1.82, 2.24) is 0 Å². The highest BCUT2D eigenvalue weighted by molar-refractivity contribution is 6.32. The lowest BCUT2D eigenvalue weighted by atomic mass is 10.2. The molecule has 104 valence electrons. The first-order chi connectivity index (χ1) is 9.60. The second kappa shape index (κ2) is 6.25. The van der Waals surface area contributed by atoms with Gasteiger partial charge in [0.2, 0.25) is 0 Å². The van der Waals surface area contributed by atoms with Crippen molar-refractivity contribution < 1.29 is 14.3 Å². The van der Waals surface area contributed by atoms with Crippen LogP contribution in [-0.2, 0) is 6.61 Å². The van der Waals surface area contributed by atoms with Crippen molar-refractivity contribution >= 4 is 17.4 Å². The lowest BCUT2D eigenvalue weighted by Gasteiger charge is -2.09. The van der Waals surface area contributed by atoms with Crippen molar-refractivity contribution in [3.8, 4) is 5.75 Å². The topological polar surface area (TPSA) is 67.8 Å². The maximum Gasteiger partial charge on any atom is 0.170 e. The van der Waals surface area contributed by atoms with Gasteiger partial charge >= 0.3 is 0 Å². The van der Waals surface area contributed by atoms with Crippen LogP contribution in [0.25, 0.3) is 0 Å². The molecule has 0 saturated heterocycles. The molecule has 0 bridgehead atoms. The molecule has 20 heavy (non-hydrogen) atoms. The summed E-state index contributed by atoms with van der Waals surface area (Å²) in [6.07, 6.45) is 0. The van der Waals surface area contributed by atoms with E-state index < -0.39 is 0 Å². The van der Waals surface area contributed by atoms with Crippen LogP contribution in [0.2, 0.25) is 5.02 Å². The van der Waals surface area contributed by atoms with Gasteiger partial charge in [-0.15, -0.1) is 0 Å². The Morgan fingerprint density at radius 3 is 2.55 bits per heavy atom. The summed E-state index contributed by atoms with van der Waals surface area (Å²) in [5.74, 6) is 0.136. The molecule has 0 amide bonds. The van der Waals surface area contributed by atoms with Crippen LogP contribution in [0.15, 0.2) is 47.6 Å². The number of hydrogen-bond acceptors (Lipinski definition) is 3. The summed E-state index contributed by atoms with van der Waals surface area (Å²) in [4.78, 5) is 0. The van der Waals surface area contributed by atoms with Crippen LogP contribution in [0, 0.1) is 5.82 Å². The molecule has 0 spiro atoms. The highest BCUT2D eigenvalue weighted by atomic mass is 35.5. The lowest BCUT2D eigenvalue weighted by molar-refractivity contribution is 0.306. The predicted octanol–water partition coefficient (Wildman–Crippen LogP) is 3.15. The van der Waals surface area contributed by atoms with Crippen molar-refractivity contribution in [3.63, 3.8) is 0 Å². The average Bonchev–Trinajstić information content (AvgIpc) is 2.46. The van der Waals surface area contributed by atoms with Gasteiger partial charge in [0.1, 0.15) is 18.2 Å². The van der Waals surface area contributed by atoms with Crippen molar-refractivity contribution in [2.24, 2.45) is 10.9 Å². The smallest absolute Gasteiger partial charge is 0.170 e. The molecule has 0 saturated carbocycles. The third-order valence-corrected chi connectivity index (χ3v) is 2.94. The van der Waals surface area contributed by atoms with Crippen molar-refractivity contribution in [2.45, 2.75) is 6.61 Å². The molecule has 0 atom stereocenters. The molecule has 6 heteroatoms. The Hall–Kier alpha value is -2.27. The Kier molecular flexibility index (Phi) is 4.42.